The molecular formula is C21H16ClN3O5. The predicted molar refractivity (Wildman–Crippen MR) is 113 cm³/mol. The number of nitro benzene ring substituents is 1. The number of hydrogen-bond acceptors (Lipinski definition) is 6. The summed E-state index contributed by atoms with van der Waals surface area (Å²) in [5.74, 6) is -0.158. The number of carbonyl (C=O) groups is 1. The number of aliphatic carboxylic acids is 1. The third-order valence-corrected chi connectivity index (χ3v) is 4.19. The molecule has 30 heavy (non-hydrogen) atoms. The summed E-state index contributed by atoms with van der Waals surface area (Å²) in [6.07, 6.45) is -0.434. The molecule has 0 aliphatic rings. The molecule has 9 heteroatoms. The molecular weight excluding hydrogens is 410 g/mol. The van der Waals surface area contributed by atoms with Crippen LogP contribution in [-0.2, 0) is 4.79 Å². The van der Waals surface area contributed by atoms with Crippen molar-refractivity contribution >= 4 is 34.7 Å². The zero-order valence-electron chi connectivity index (χ0n) is 15.5. The van der Waals surface area contributed by atoms with E-state index in [1.807, 2.05) is 18.2 Å². The van der Waals surface area contributed by atoms with Crippen molar-refractivity contribution in [2.45, 2.75) is 6.42 Å². The van der Waals surface area contributed by atoms with Crippen LogP contribution in [0, 0.1) is 10.1 Å². The average molecular weight is 426 g/mol. The van der Waals surface area contributed by atoms with Crippen LogP contribution in [0.2, 0.25) is 5.02 Å². The van der Waals surface area contributed by atoms with Crippen molar-refractivity contribution in [1.82, 2.24) is 0 Å². The number of anilines is 1. The molecule has 0 bridgehead atoms. The number of carboxylic acid groups (broad SMARTS) is 1. The summed E-state index contributed by atoms with van der Waals surface area (Å²) in [5, 5.41) is 25.0. The number of para-hydroxylation sites is 2. The molecule has 0 aromatic heterocycles. The number of halogens is 1. The van der Waals surface area contributed by atoms with Crippen LogP contribution in [0.4, 0.5) is 11.4 Å². The molecule has 2 N–H and O–H groups in total. The number of nitro groups is 1. The zero-order chi connectivity index (χ0) is 21.5. The van der Waals surface area contributed by atoms with Crippen LogP contribution in [0.3, 0.4) is 0 Å². The normalized spacial score (nSPS) is 11.0. The van der Waals surface area contributed by atoms with Crippen LogP contribution < -0.4 is 10.2 Å². The monoisotopic (exact) mass is 425 g/mol. The lowest BCUT2D eigenvalue weighted by Gasteiger charge is -2.13. The fourth-order valence-electron chi connectivity index (χ4n) is 2.63. The van der Waals surface area contributed by atoms with Gasteiger partial charge >= 0.3 is 5.97 Å². The smallest absolute Gasteiger partial charge is 0.309 e. The summed E-state index contributed by atoms with van der Waals surface area (Å²) in [4.78, 5) is 22.1. The summed E-state index contributed by atoms with van der Waals surface area (Å²) in [7, 11) is 0. The first-order valence-corrected chi connectivity index (χ1v) is 9.12. The van der Waals surface area contributed by atoms with E-state index < -0.39 is 17.3 Å². The third kappa shape index (κ3) is 5.33. The van der Waals surface area contributed by atoms with Crippen LogP contribution in [0.1, 0.15) is 12.0 Å². The van der Waals surface area contributed by atoms with Gasteiger partial charge in [0.05, 0.1) is 17.1 Å². The van der Waals surface area contributed by atoms with Gasteiger partial charge in [-0.2, -0.15) is 5.10 Å². The molecule has 0 atom stereocenters. The molecule has 0 spiro atoms. The van der Waals surface area contributed by atoms with E-state index in [-0.39, 0.29) is 22.1 Å². The summed E-state index contributed by atoms with van der Waals surface area (Å²) in [6.45, 7) is 0. The molecule has 0 saturated heterocycles. The summed E-state index contributed by atoms with van der Waals surface area (Å²) in [6, 6.07) is 19.8. The van der Waals surface area contributed by atoms with Crippen molar-refractivity contribution in [2.75, 3.05) is 5.43 Å². The van der Waals surface area contributed by atoms with E-state index in [2.05, 4.69) is 10.5 Å². The number of carboxylic acids is 1. The Morgan fingerprint density at radius 2 is 1.80 bits per heavy atom. The van der Waals surface area contributed by atoms with E-state index in [1.165, 1.54) is 18.2 Å². The minimum Gasteiger partial charge on any atom is -0.481 e. The molecule has 0 saturated carbocycles. The van der Waals surface area contributed by atoms with E-state index in [0.717, 1.165) is 0 Å². The largest absolute Gasteiger partial charge is 0.481 e. The second kappa shape index (κ2) is 9.53. The lowest BCUT2D eigenvalue weighted by Crippen LogP contribution is -2.12. The van der Waals surface area contributed by atoms with Gasteiger partial charge in [-0.25, -0.2) is 0 Å². The van der Waals surface area contributed by atoms with Crippen molar-refractivity contribution in [3.63, 3.8) is 0 Å². The van der Waals surface area contributed by atoms with E-state index >= 15 is 0 Å². The Morgan fingerprint density at radius 3 is 2.50 bits per heavy atom. The highest BCUT2D eigenvalue weighted by Gasteiger charge is 2.17. The first-order chi connectivity index (χ1) is 14.4. The zero-order valence-corrected chi connectivity index (χ0v) is 16.2. The Hall–Kier alpha value is -3.91. The van der Waals surface area contributed by atoms with Gasteiger partial charge in [0.2, 0.25) is 0 Å². The van der Waals surface area contributed by atoms with Gasteiger partial charge in [-0.1, -0.05) is 41.9 Å². The molecule has 3 aromatic carbocycles. The molecule has 8 nitrogen and oxygen atoms in total. The standard InChI is InChI=1S/C21H16ClN3O5/c22-14-10-11-19(25(28)29)18(12-14)24-23-17(13-21(26)27)16-8-4-5-9-20(16)30-15-6-2-1-3-7-15/h1-12,24H,13H2,(H,26,27)/b23-17+. The molecule has 0 fully saturated rings. The van der Waals surface area contributed by atoms with Crippen LogP contribution in [0.15, 0.2) is 77.9 Å². The van der Waals surface area contributed by atoms with Gasteiger partial charge in [0.25, 0.3) is 5.69 Å². The van der Waals surface area contributed by atoms with Gasteiger partial charge in [-0.3, -0.25) is 20.3 Å². The Kier molecular flexibility index (Phi) is 6.61. The average Bonchev–Trinajstić information content (AvgIpc) is 2.72. The Balaban J connectivity index is 1.99. The van der Waals surface area contributed by atoms with Crippen LogP contribution >= 0.6 is 11.6 Å². The van der Waals surface area contributed by atoms with E-state index in [1.54, 1.807) is 36.4 Å². The number of nitrogens with one attached hydrogen (secondary N) is 1. The van der Waals surface area contributed by atoms with E-state index in [9.17, 15) is 20.0 Å². The van der Waals surface area contributed by atoms with Gasteiger partial charge in [-0.05, 0) is 36.4 Å². The topological polar surface area (TPSA) is 114 Å². The Labute approximate surface area is 176 Å². The van der Waals surface area contributed by atoms with Crippen molar-refractivity contribution in [3.05, 3.63) is 93.5 Å². The number of hydrazone groups is 1. The second-order valence-corrected chi connectivity index (χ2v) is 6.51. The van der Waals surface area contributed by atoms with Gasteiger partial charge in [-0.15, -0.1) is 0 Å². The van der Waals surface area contributed by atoms with Gasteiger partial charge < -0.3 is 9.84 Å². The van der Waals surface area contributed by atoms with Crippen molar-refractivity contribution in [2.24, 2.45) is 5.10 Å². The Morgan fingerprint density at radius 1 is 1.10 bits per heavy atom. The highest BCUT2D eigenvalue weighted by atomic mass is 35.5. The molecule has 152 valence electrons. The second-order valence-electron chi connectivity index (χ2n) is 6.07. The lowest BCUT2D eigenvalue weighted by atomic mass is 10.1. The van der Waals surface area contributed by atoms with Crippen LogP contribution in [0.5, 0.6) is 11.5 Å². The van der Waals surface area contributed by atoms with Gasteiger partial charge in [0.1, 0.15) is 17.2 Å². The van der Waals surface area contributed by atoms with Crippen molar-refractivity contribution < 1.29 is 19.6 Å². The molecule has 3 rings (SSSR count). The predicted octanol–water partition coefficient (Wildman–Crippen LogP) is 5.33. The SMILES string of the molecule is O=C(O)C/C(=N\Nc1cc(Cl)ccc1[N+](=O)[O-])c1ccccc1Oc1ccccc1. The molecule has 0 aliphatic heterocycles. The first-order valence-electron chi connectivity index (χ1n) is 8.74. The maximum Gasteiger partial charge on any atom is 0.309 e. The quantitative estimate of drug-likeness (QED) is 0.286. The fraction of sp³-hybridized carbons (Fsp3) is 0.0476. The summed E-state index contributed by atoms with van der Waals surface area (Å²) >= 11 is 5.93. The fourth-order valence-corrected chi connectivity index (χ4v) is 2.80. The number of ether oxygens (including phenoxy) is 1. The minimum absolute atomic E-state index is 0.0387. The highest BCUT2D eigenvalue weighted by Crippen LogP contribution is 2.29. The molecule has 0 aliphatic carbocycles. The number of rotatable bonds is 8. The van der Waals surface area contributed by atoms with Crippen molar-refractivity contribution in [1.29, 1.82) is 0 Å². The molecule has 0 heterocycles. The number of nitrogens with zero attached hydrogens (tertiary/aromatic N) is 2. The molecule has 0 unspecified atom stereocenters. The minimum atomic E-state index is -1.12. The first kappa shape index (κ1) is 20.8. The molecule has 3 aromatic rings. The van der Waals surface area contributed by atoms with Gasteiger partial charge in [0, 0.05) is 16.7 Å². The maximum atomic E-state index is 11.4. The summed E-state index contributed by atoms with van der Waals surface area (Å²) < 4.78 is 5.87. The van der Waals surface area contributed by atoms with Crippen LogP contribution in [0.25, 0.3) is 0 Å². The maximum absolute atomic E-state index is 11.4. The number of benzene rings is 3. The highest BCUT2D eigenvalue weighted by molar-refractivity contribution is 6.31. The van der Waals surface area contributed by atoms with E-state index in [4.69, 9.17) is 16.3 Å². The Bertz CT molecular complexity index is 1100. The number of hydrogen-bond donors (Lipinski definition) is 2. The molecule has 0 radical (unpaired) electrons. The lowest BCUT2D eigenvalue weighted by molar-refractivity contribution is -0.384. The molecule has 0 amide bonds. The van der Waals surface area contributed by atoms with Gasteiger partial charge in [0.15, 0.2) is 0 Å². The third-order valence-electron chi connectivity index (χ3n) is 3.95. The van der Waals surface area contributed by atoms with Crippen molar-refractivity contribution in [3.8, 4) is 11.5 Å². The van der Waals surface area contributed by atoms with Crippen LogP contribution in [-0.4, -0.2) is 21.7 Å². The van der Waals surface area contributed by atoms with E-state index in [0.29, 0.717) is 17.1 Å². The summed E-state index contributed by atoms with van der Waals surface area (Å²) in [5.41, 5.74) is 2.93.